The summed E-state index contributed by atoms with van der Waals surface area (Å²) in [6.45, 7) is 1.45. The third-order valence-electron chi connectivity index (χ3n) is 2.84. The van der Waals surface area contributed by atoms with Gasteiger partial charge < -0.3 is 5.73 Å². The quantitative estimate of drug-likeness (QED) is 0.838. The smallest absolute Gasteiger partial charge is 0.123 e. The first kappa shape index (κ1) is 12.6. The summed E-state index contributed by atoms with van der Waals surface area (Å²) >= 11 is 0. The van der Waals surface area contributed by atoms with Crippen molar-refractivity contribution in [3.63, 3.8) is 0 Å². The van der Waals surface area contributed by atoms with E-state index in [9.17, 15) is 4.39 Å². The number of nitrogens with zero attached hydrogens (tertiary/aromatic N) is 1. The summed E-state index contributed by atoms with van der Waals surface area (Å²) < 4.78 is 13.2. The maximum Gasteiger partial charge on any atom is 0.123 e. The standard InChI is InChI=1S/C15H17FN2/c1-18(10-12-5-3-2-4-6-12)11-13-9-14(16)7-8-15(13)17/h2-9H,10-11,17H2,1H3. The number of hydrogen-bond acceptors (Lipinski definition) is 2. The molecule has 2 nitrogen and oxygen atoms in total. The minimum absolute atomic E-state index is 0.243. The molecule has 94 valence electrons. The summed E-state index contributed by atoms with van der Waals surface area (Å²) in [6.07, 6.45) is 0. The first-order valence-electron chi connectivity index (χ1n) is 5.91. The largest absolute Gasteiger partial charge is 0.398 e. The van der Waals surface area contributed by atoms with Gasteiger partial charge >= 0.3 is 0 Å². The molecule has 0 aromatic heterocycles. The Balaban J connectivity index is 2.03. The van der Waals surface area contributed by atoms with Gasteiger partial charge in [0.15, 0.2) is 0 Å². The molecule has 0 heterocycles. The Kier molecular flexibility index (Phi) is 3.95. The van der Waals surface area contributed by atoms with E-state index in [2.05, 4.69) is 17.0 Å². The maximum absolute atomic E-state index is 13.2. The summed E-state index contributed by atoms with van der Waals surface area (Å²) in [4.78, 5) is 2.11. The Morgan fingerprint density at radius 2 is 1.78 bits per heavy atom. The first-order valence-corrected chi connectivity index (χ1v) is 5.91. The second-order valence-corrected chi connectivity index (χ2v) is 4.50. The van der Waals surface area contributed by atoms with E-state index in [1.807, 2.05) is 25.2 Å². The average molecular weight is 244 g/mol. The zero-order valence-electron chi connectivity index (χ0n) is 10.4. The van der Waals surface area contributed by atoms with Crippen LogP contribution in [-0.4, -0.2) is 11.9 Å². The molecule has 0 aliphatic carbocycles. The Labute approximate surface area is 107 Å². The van der Waals surface area contributed by atoms with Crippen LogP contribution in [0.3, 0.4) is 0 Å². The van der Waals surface area contributed by atoms with Crippen molar-refractivity contribution >= 4 is 5.69 Å². The minimum atomic E-state index is -0.243. The normalized spacial score (nSPS) is 10.8. The zero-order valence-corrected chi connectivity index (χ0v) is 10.4. The van der Waals surface area contributed by atoms with E-state index in [0.717, 1.165) is 12.1 Å². The molecule has 3 heteroatoms. The number of nitrogens with two attached hydrogens (primary N) is 1. The van der Waals surface area contributed by atoms with Gasteiger partial charge in [-0.2, -0.15) is 0 Å². The van der Waals surface area contributed by atoms with Crippen molar-refractivity contribution in [2.75, 3.05) is 12.8 Å². The molecular formula is C15H17FN2. The van der Waals surface area contributed by atoms with Gasteiger partial charge in [0.1, 0.15) is 5.82 Å². The van der Waals surface area contributed by atoms with E-state index in [4.69, 9.17) is 5.73 Å². The monoisotopic (exact) mass is 244 g/mol. The molecule has 0 radical (unpaired) electrons. The number of rotatable bonds is 4. The molecule has 0 spiro atoms. The van der Waals surface area contributed by atoms with Crippen LogP contribution in [0.5, 0.6) is 0 Å². The van der Waals surface area contributed by atoms with E-state index in [0.29, 0.717) is 12.2 Å². The molecule has 0 saturated heterocycles. The Morgan fingerprint density at radius 1 is 1.06 bits per heavy atom. The third-order valence-corrected chi connectivity index (χ3v) is 2.84. The molecular weight excluding hydrogens is 227 g/mol. The van der Waals surface area contributed by atoms with Crippen LogP contribution in [0.25, 0.3) is 0 Å². The van der Waals surface area contributed by atoms with Crippen LogP contribution >= 0.6 is 0 Å². The fourth-order valence-corrected chi connectivity index (χ4v) is 1.95. The molecule has 2 aromatic carbocycles. The molecule has 2 N–H and O–H groups in total. The van der Waals surface area contributed by atoms with Gasteiger partial charge in [-0.3, -0.25) is 4.90 Å². The highest BCUT2D eigenvalue weighted by Gasteiger charge is 2.05. The number of nitrogen functional groups attached to an aromatic ring is 1. The van der Waals surface area contributed by atoms with Crippen LogP contribution in [0.2, 0.25) is 0 Å². The Bertz CT molecular complexity index is 511. The number of halogens is 1. The summed E-state index contributed by atoms with van der Waals surface area (Å²) in [6, 6.07) is 14.7. The highest BCUT2D eigenvalue weighted by molar-refractivity contribution is 5.46. The summed E-state index contributed by atoms with van der Waals surface area (Å²) in [5.74, 6) is -0.243. The Morgan fingerprint density at radius 3 is 2.50 bits per heavy atom. The number of anilines is 1. The zero-order chi connectivity index (χ0) is 13.0. The summed E-state index contributed by atoms with van der Waals surface area (Å²) in [5, 5.41) is 0. The van der Waals surface area contributed by atoms with Crippen molar-refractivity contribution in [2.45, 2.75) is 13.1 Å². The van der Waals surface area contributed by atoms with E-state index < -0.39 is 0 Å². The van der Waals surface area contributed by atoms with E-state index in [-0.39, 0.29) is 5.82 Å². The van der Waals surface area contributed by atoms with Gasteiger partial charge in [0.05, 0.1) is 0 Å². The van der Waals surface area contributed by atoms with E-state index >= 15 is 0 Å². The molecule has 0 atom stereocenters. The molecule has 2 aromatic rings. The lowest BCUT2D eigenvalue weighted by Crippen LogP contribution is -2.18. The van der Waals surface area contributed by atoms with Crippen LogP contribution < -0.4 is 5.73 Å². The highest BCUT2D eigenvalue weighted by atomic mass is 19.1. The lowest BCUT2D eigenvalue weighted by atomic mass is 10.1. The molecule has 0 aliphatic rings. The van der Waals surface area contributed by atoms with Crippen molar-refractivity contribution in [1.29, 1.82) is 0 Å². The highest BCUT2D eigenvalue weighted by Crippen LogP contribution is 2.16. The topological polar surface area (TPSA) is 29.3 Å². The average Bonchev–Trinajstić information content (AvgIpc) is 2.35. The number of benzene rings is 2. The van der Waals surface area contributed by atoms with Crippen molar-refractivity contribution in [3.8, 4) is 0 Å². The lowest BCUT2D eigenvalue weighted by Gasteiger charge is -2.18. The molecule has 0 fully saturated rings. The second kappa shape index (κ2) is 5.65. The predicted molar refractivity (Wildman–Crippen MR) is 72.4 cm³/mol. The lowest BCUT2D eigenvalue weighted by molar-refractivity contribution is 0.319. The third kappa shape index (κ3) is 3.31. The molecule has 2 rings (SSSR count). The molecule has 18 heavy (non-hydrogen) atoms. The van der Waals surface area contributed by atoms with E-state index in [1.54, 1.807) is 6.07 Å². The van der Waals surface area contributed by atoms with Crippen molar-refractivity contribution in [2.24, 2.45) is 0 Å². The van der Waals surface area contributed by atoms with Crippen molar-refractivity contribution in [3.05, 3.63) is 65.5 Å². The summed E-state index contributed by atoms with van der Waals surface area (Å²) in [7, 11) is 2.00. The molecule has 0 saturated carbocycles. The van der Waals surface area contributed by atoms with Crippen LogP contribution in [0, 0.1) is 5.82 Å². The molecule has 0 unspecified atom stereocenters. The van der Waals surface area contributed by atoms with Gasteiger partial charge in [-0.1, -0.05) is 30.3 Å². The Hall–Kier alpha value is -1.87. The fourth-order valence-electron chi connectivity index (χ4n) is 1.95. The summed E-state index contributed by atoms with van der Waals surface area (Å²) in [5.41, 5.74) is 8.53. The number of hydrogen-bond donors (Lipinski definition) is 1. The van der Waals surface area contributed by atoms with Gasteiger partial charge in [0.2, 0.25) is 0 Å². The van der Waals surface area contributed by atoms with Crippen LogP contribution in [0.4, 0.5) is 10.1 Å². The fraction of sp³-hybridized carbons (Fsp3) is 0.200. The van der Waals surface area contributed by atoms with Crippen LogP contribution in [0.15, 0.2) is 48.5 Å². The van der Waals surface area contributed by atoms with Gasteiger partial charge in [-0.15, -0.1) is 0 Å². The maximum atomic E-state index is 13.2. The minimum Gasteiger partial charge on any atom is -0.398 e. The first-order chi connectivity index (χ1) is 8.65. The second-order valence-electron chi connectivity index (χ2n) is 4.50. The van der Waals surface area contributed by atoms with Gasteiger partial charge in [0.25, 0.3) is 0 Å². The van der Waals surface area contributed by atoms with E-state index in [1.165, 1.54) is 17.7 Å². The predicted octanol–water partition coefficient (Wildman–Crippen LogP) is 3.04. The van der Waals surface area contributed by atoms with Crippen LogP contribution in [0.1, 0.15) is 11.1 Å². The van der Waals surface area contributed by atoms with Gasteiger partial charge in [-0.05, 0) is 36.4 Å². The SMILES string of the molecule is CN(Cc1ccccc1)Cc1cc(F)ccc1N. The van der Waals surface area contributed by atoms with Crippen molar-refractivity contribution < 1.29 is 4.39 Å². The van der Waals surface area contributed by atoms with Crippen molar-refractivity contribution in [1.82, 2.24) is 4.90 Å². The van der Waals surface area contributed by atoms with Gasteiger partial charge in [0, 0.05) is 18.8 Å². The van der Waals surface area contributed by atoms with Gasteiger partial charge in [-0.25, -0.2) is 4.39 Å². The molecule has 0 bridgehead atoms. The molecule has 0 aliphatic heterocycles. The molecule has 0 amide bonds. The van der Waals surface area contributed by atoms with Crippen LogP contribution in [-0.2, 0) is 13.1 Å².